The van der Waals surface area contributed by atoms with E-state index >= 15 is 0 Å². The lowest BCUT2D eigenvalue weighted by Gasteiger charge is -2.09. The van der Waals surface area contributed by atoms with E-state index in [0.717, 1.165) is 16.8 Å². The first-order chi connectivity index (χ1) is 10.1. The maximum absolute atomic E-state index is 12.6. The molecule has 5 heteroatoms. The first kappa shape index (κ1) is 13.1. The molecule has 4 rings (SSSR count). The summed E-state index contributed by atoms with van der Waals surface area (Å²) in [5, 5.41) is 1.08. The minimum absolute atomic E-state index is 0.0558. The summed E-state index contributed by atoms with van der Waals surface area (Å²) < 4.78 is 5.86. The quantitative estimate of drug-likeness (QED) is 0.746. The standard InChI is InChI=1S/C16H11Cl2NO2/c1-19-13-5-3-2-4-11(13)16(15(19)20)14(21-16)10-7-6-9(17)8-12(10)18/h2-8,14H,1H3/t14-,16+/m1/s1. The molecule has 0 bridgehead atoms. The molecule has 2 aromatic carbocycles. The summed E-state index contributed by atoms with van der Waals surface area (Å²) in [6, 6.07) is 12.9. The molecule has 2 atom stereocenters. The Hall–Kier alpha value is -1.55. The minimum atomic E-state index is -0.928. The zero-order chi connectivity index (χ0) is 14.8. The maximum Gasteiger partial charge on any atom is 0.266 e. The second kappa shape index (κ2) is 4.23. The van der Waals surface area contributed by atoms with Gasteiger partial charge in [0.1, 0.15) is 6.10 Å². The van der Waals surface area contributed by atoms with Crippen LogP contribution < -0.4 is 4.90 Å². The van der Waals surface area contributed by atoms with E-state index < -0.39 is 5.60 Å². The number of carbonyl (C=O) groups excluding carboxylic acids is 1. The SMILES string of the molecule is CN1C(=O)[C@]2(O[C@@H]2c2ccc(Cl)cc2Cl)c2ccccc21. The Balaban J connectivity index is 1.83. The first-order valence-electron chi connectivity index (χ1n) is 6.56. The number of hydrogen-bond acceptors (Lipinski definition) is 2. The predicted molar refractivity (Wildman–Crippen MR) is 81.8 cm³/mol. The first-order valence-corrected chi connectivity index (χ1v) is 7.32. The molecule has 0 aliphatic carbocycles. The zero-order valence-electron chi connectivity index (χ0n) is 11.1. The van der Waals surface area contributed by atoms with Gasteiger partial charge in [0.25, 0.3) is 5.91 Å². The molecule has 2 aliphatic heterocycles. The van der Waals surface area contributed by atoms with Gasteiger partial charge in [-0.05, 0) is 18.2 Å². The van der Waals surface area contributed by atoms with E-state index in [0.29, 0.717) is 10.0 Å². The average Bonchev–Trinajstić information content (AvgIpc) is 3.17. The van der Waals surface area contributed by atoms with Crippen molar-refractivity contribution in [2.45, 2.75) is 11.7 Å². The van der Waals surface area contributed by atoms with Gasteiger partial charge >= 0.3 is 0 Å². The highest BCUT2D eigenvalue weighted by Crippen LogP contribution is 2.63. The van der Waals surface area contributed by atoms with Gasteiger partial charge in [-0.2, -0.15) is 0 Å². The number of anilines is 1. The number of ether oxygens (including phenoxy) is 1. The Kier molecular flexibility index (Phi) is 2.65. The molecule has 1 fully saturated rings. The third-order valence-electron chi connectivity index (χ3n) is 4.15. The smallest absolute Gasteiger partial charge is 0.266 e. The van der Waals surface area contributed by atoms with Crippen molar-refractivity contribution in [2.24, 2.45) is 0 Å². The molecule has 1 saturated heterocycles. The van der Waals surface area contributed by atoms with Crippen molar-refractivity contribution in [3.63, 3.8) is 0 Å². The Morgan fingerprint density at radius 2 is 1.95 bits per heavy atom. The maximum atomic E-state index is 12.6. The normalized spacial score (nSPS) is 26.3. The molecule has 3 nitrogen and oxygen atoms in total. The van der Waals surface area contributed by atoms with Crippen molar-refractivity contribution in [1.29, 1.82) is 0 Å². The molecule has 2 aromatic rings. The van der Waals surface area contributed by atoms with Gasteiger partial charge < -0.3 is 9.64 Å². The highest BCUT2D eigenvalue weighted by Gasteiger charge is 2.69. The van der Waals surface area contributed by atoms with Crippen molar-refractivity contribution in [3.8, 4) is 0 Å². The molecule has 2 aliphatic rings. The molecule has 21 heavy (non-hydrogen) atoms. The summed E-state index contributed by atoms with van der Waals surface area (Å²) in [4.78, 5) is 14.3. The van der Waals surface area contributed by atoms with E-state index in [2.05, 4.69) is 0 Å². The third-order valence-corrected chi connectivity index (χ3v) is 4.71. The van der Waals surface area contributed by atoms with Crippen molar-refractivity contribution in [1.82, 2.24) is 0 Å². The summed E-state index contributed by atoms with van der Waals surface area (Å²) in [6.07, 6.45) is -0.360. The Bertz CT molecular complexity index is 777. The fraction of sp³-hybridized carbons (Fsp3) is 0.188. The van der Waals surface area contributed by atoms with Crippen molar-refractivity contribution < 1.29 is 9.53 Å². The highest BCUT2D eigenvalue weighted by atomic mass is 35.5. The van der Waals surface area contributed by atoms with Gasteiger partial charge in [0.2, 0.25) is 5.60 Å². The van der Waals surface area contributed by atoms with Gasteiger partial charge in [0, 0.05) is 28.2 Å². The summed E-state index contributed by atoms with van der Waals surface area (Å²) >= 11 is 12.2. The van der Waals surface area contributed by atoms with Crippen LogP contribution in [0.15, 0.2) is 42.5 Å². The molecular formula is C16H11Cl2NO2. The molecule has 0 aromatic heterocycles. The van der Waals surface area contributed by atoms with Gasteiger partial charge in [-0.3, -0.25) is 4.79 Å². The number of likely N-dealkylation sites (N-methyl/N-ethyl adjacent to an activating group) is 1. The lowest BCUT2D eigenvalue weighted by molar-refractivity contribution is -0.122. The number of benzene rings is 2. The van der Waals surface area contributed by atoms with Gasteiger partial charge in [-0.15, -0.1) is 0 Å². The highest BCUT2D eigenvalue weighted by molar-refractivity contribution is 6.35. The number of para-hydroxylation sites is 1. The summed E-state index contributed by atoms with van der Waals surface area (Å²) in [7, 11) is 1.76. The van der Waals surface area contributed by atoms with Crippen LogP contribution in [0.4, 0.5) is 5.69 Å². The van der Waals surface area contributed by atoms with Gasteiger partial charge in [0.05, 0.1) is 5.69 Å². The van der Waals surface area contributed by atoms with Crippen LogP contribution in [0.25, 0.3) is 0 Å². The number of hydrogen-bond donors (Lipinski definition) is 0. The number of nitrogens with zero attached hydrogens (tertiary/aromatic N) is 1. The van der Waals surface area contributed by atoms with Gasteiger partial charge in [-0.25, -0.2) is 0 Å². The molecule has 0 N–H and O–H groups in total. The fourth-order valence-electron chi connectivity index (χ4n) is 3.07. The van der Waals surface area contributed by atoms with Crippen LogP contribution in [0.3, 0.4) is 0 Å². The molecule has 0 unspecified atom stereocenters. The summed E-state index contributed by atoms with van der Waals surface area (Å²) in [5.41, 5.74) is 1.64. The lowest BCUT2D eigenvalue weighted by atomic mass is 9.93. The van der Waals surface area contributed by atoms with Crippen molar-refractivity contribution >= 4 is 34.8 Å². The van der Waals surface area contributed by atoms with E-state index in [1.165, 1.54) is 0 Å². The monoisotopic (exact) mass is 319 g/mol. The van der Waals surface area contributed by atoms with Crippen LogP contribution in [0.5, 0.6) is 0 Å². The lowest BCUT2D eigenvalue weighted by Crippen LogP contribution is -2.29. The van der Waals surface area contributed by atoms with Crippen LogP contribution in [0.1, 0.15) is 17.2 Å². The minimum Gasteiger partial charge on any atom is -0.345 e. The molecule has 106 valence electrons. The number of rotatable bonds is 1. The molecular weight excluding hydrogens is 309 g/mol. The van der Waals surface area contributed by atoms with Crippen LogP contribution in [-0.2, 0) is 15.1 Å². The number of epoxide rings is 1. The molecule has 1 amide bonds. The summed E-state index contributed by atoms with van der Waals surface area (Å²) in [5.74, 6) is -0.0558. The van der Waals surface area contributed by atoms with E-state index in [1.807, 2.05) is 30.3 Å². The van der Waals surface area contributed by atoms with Crippen LogP contribution >= 0.6 is 23.2 Å². The van der Waals surface area contributed by atoms with Crippen molar-refractivity contribution in [2.75, 3.05) is 11.9 Å². The summed E-state index contributed by atoms with van der Waals surface area (Å²) in [6.45, 7) is 0. The second-order valence-electron chi connectivity index (χ2n) is 5.28. The van der Waals surface area contributed by atoms with Crippen molar-refractivity contribution in [3.05, 3.63) is 63.6 Å². The van der Waals surface area contributed by atoms with Crippen LogP contribution in [0.2, 0.25) is 10.0 Å². The van der Waals surface area contributed by atoms with Gasteiger partial charge in [0.15, 0.2) is 0 Å². The third kappa shape index (κ3) is 1.62. The van der Waals surface area contributed by atoms with E-state index in [1.54, 1.807) is 24.1 Å². The Morgan fingerprint density at radius 1 is 1.19 bits per heavy atom. The Labute approximate surface area is 132 Å². The van der Waals surface area contributed by atoms with E-state index in [-0.39, 0.29) is 12.0 Å². The second-order valence-corrected chi connectivity index (χ2v) is 6.12. The largest absolute Gasteiger partial charge is 0.345 e. The number of amides is 1. The average molecular weight is 320 g/mol. The fourth-order valence-corrected chi connectivity index (χ4v) is 3.58. The molecule has 0 saturated carbocycles. The number of halogens is 2. The van der Waals surface area contributed by atoms with Crippen LogP contribution in [0, 0.1) is 0 Å². The predicted octanol–water partition coefficient (Wildman–Crippen LogP) is 3.94. The Morgan fingerprint density at radius 3 is 2.71 bits per heavy atom. The van der Waals surface area contributed by atoms with E-state index in [9.17, 15) is 4.79 Å². The molecule has 0 radical (unpaired) electrons. The number of fused-ring (bicyclic) bond motifs is 2. The van der Waals surface area contributed by atoms with Crippen LogP contribution in [-0.4, -0.2) is 13.0 Å². The zero-order valence-corrected chi connectivity index (χ0v) is 12.7. The molecule has 2 heterocycles. The van der Waals surface area contributed by atoms with Gasteiger partial charge in [-0.1, -0.05) is 47.5 Å². The topological polar surface area (TPSA) is 32.8 Å². The number of carbonyl (C=O) groups is 1. The molecule has 1 spiro atoms. The van der Waals surface area contributed by atoms with E-state index in [4.69, 9.17) is 27.9 Å².